The highest BCUT2D eigenvalue weighted by atomic mass is 16.2. The lowest BCUT2D eigenvalue weighted by molar-refractivity contribution is -0.121. The number of carbonyl (C=O) groups excluding carboxylic acids is 1. The van der Waals surface area contributed by atoms with Crippen molar-refractivity contribution in [2.45, 2.75) is 25.8 Å². The quantitative estimate of drug-likeness (QED) is 0.743. The van der Waals surface area contributed by atoms with Crippen LogP contribution in [-0.4, -0.2) is 40.5 Å². The number of hydrogen-bond donors (Lipinski definition) is 2. The Morgan fingerprint density at radius 2 is 2.53 bits per heavy atom. The average molecular weight is 237 g/mol. The minimum atomic E-state index is -0.000677. The summed E-state index contributed by atoms with van der Waals surface area (Å²) in [6, 6.07) is 0. The van der Waals surface area contributed by atoms with E-state index in [1.54, 1.807) is 12.4 Å². The number of nitrogens with one attached hydrogen (secondary N) is 2. The van der Waals surface area contributed by atoms with E-state index in [1.165, 1.54) is 17.5 Å². The third-order valence-corrected chi connectivity index (χ3v) is 3.05. The molecule has 1 amide bonds. The lowest BCUT2D eigenvalue weighted by atomic mass is 9.96. The van der Waals surface area contributed by atoms with Crippen molar-refractivity contribution in [1.82, 2.24) is 25.6 Å². The number of hydrogen-bond acceptors (Lipinski definition) is 4. The first-order chi connectivity index (χ1) is 8.34. The number of piperidine rings is 1. The lowest BCUT2D eigenvalue weighted by Gasteiger charge is -2.22. The molecule has 0 bridgehead atoms. The highest BCUT2D eigenvalue weighted by molar-refractivity contribution is 5.75. The van der Waals surface area contributed by atoms with E-state index in [4.69, 9.17) is 0 Å². The highest BCUT2D eigenvalue weighted by Crippen LogP contribution is 2.12. The Morgan fingerprint density at radius 3 is 3.24 bits per heavy atom. The maximum absolute atomic E-state index is 11.5. The van der Waals surface area contributed by atoms with E-state index in [0.717, 1.165) is 26.1 Å². The largest absolute Gasteiger partial charge is 0.354 e. The number of carbonyl (C=O) groups is 1. The monoisotopic (exact) mass is 237 g/mol. The zero-order chi connectivity index (χ0) is 11.9. The van der Waals surface area contributed by atoms with Gasteiger partial charge in [0.05, 0.1) is 6.20 Å². The summed E-state index contributed by atoms with van der Waals surface area (Å²) >= 11 is 0. The van der Waals surface area contributed by atoms with Crippen LogP contribution < -0.4 is 10.6 Å². The SMILES string of the molecule is O=C(Cn1ccnn1)NCCC1CCCNC1. The molecule has 6 nitrogen and oxygen atoms in total. The van der Waals surface area contributed by atoms with E-state index < -0.39 is 0 Å². The van der Waals surface area contributed by atoms with Gasteiger partial charge in [-0.25, -0.2) is 4.68 Å². The molecule has 1 aliphatic rings. The van der Waals surface area contributed by atoms with E-state index in [1.807, 2.05) is 0 Å². The first kappa shape index (κ1) is 12.0. The first-order valence-electron chi connectivity index (χ1n) is 6.16. The van der Waals surface area contributed by atoms with Crippen LogP contribution in [0.5, 0.6) is 0 Å². The highest BCUT2D eigenvalue weighted by Gasteiger charge is 2.12. The standard InChI is InChI=1S/C11H19N5O/c17-11(9-16-7-6-14-15-16)13-5-3-10-2-1-4-12-8-10/h6-7,10,12H,1-5,8-9H2,(H,13,17). The minimum Gasteiger partial charge on any atom is -0.354 e. The van der Waals surface area contributed by atoms with Gasteiger partial charge >= 0.3 is 0 Å². The Balaban J connectivity index is 1.59. The second-order valence-electron chi connectivity index (χ2n) is 4.45. The predicted molar refractivity (Wildman–Crippen MR) is 63.2 cm³/mol. The topological polar surface area (TPSA) is 71.8 Å². The number of nitrogens with zero attached hydrogens (tertiary/aromatic N) is 3. The summed E-state index contributed by atoms with van der Waals surface area (Å²) in [5, 5.41) is 13.7. The molecule has 1 unspecified atom stereocenters. The summed E-state index contributed by atoms with van der Waals surface area (Å²) in [5.74, 6) is 0.703. The smallest absolute Gasteiger partial charge is 0.241 e. The molecule has 1 atom stereocenters. The maximum Gasteiger partial charge on any atom is 0.241 e. The number of rotatable bonds is 5. The molecule has 0 aromatic carbocycles. The van der Waals surface area contributed by atoms with Crippen molar-refractivity contribution in [3.63, 3.8) is 0 Å². The van der Waals surface area contributed by atoms with Crippen molar-refractivity contribution in [3.8, 4) is 0 Å². The molecule has 0 saturated carbocycles. The van der Waals surface area contributed by atoms with Crippen LogP contribution >= 0.6 is 0 Å². The average Bonchev–Trinajstić information content (AvgIpc) is 2.83. The number of amides is 1. The molecule has 1 fully saturated rings. The summed E-state index contributed by atoms with van der Waals surface area (Å²) in [5.41, 5.74) is 0. The predicted octanol–water partition coefficient (Wildman–Crippen LogP) is -0.216. The van der Waals surface area contributed by atoms with E-state index in [2.05, 4.69) is 20.9 Å². The summed E-state index contributed by atoms with van der Waals surface area (Å²) < 4.78 is 1.53. The summed E-state index contributed by atoms with van der Waals surface area (Å²) in [6.45, 7) is 3.22. The summed E-state index contributed by atoms with van der Waals surface area (Å²) in [6.07, 6.45) is 6.82. The van der Waals surface area contributed by atoms with Gasteiger partial charge in [-0.2, -0.15) is 0 Å². The molecule has 2 heterocycles. The van der Waals surface area contributed by atoms with Crippen LogP contribution in [0.15, 0.2) is 12.4 Å². The summed E-state index contributed by atoms with van der Waals surface area (Å²) in [7, 11) is 0. The Hall–Kier alpha value is -1.43. The van der Waals surface area contributed by atoms with Gasteiger partial charge in [0, 0.05) is 12.7 Å². The van der Waals surface area contributed by atoms with Gasteiger partial charge in [-0.1, -0.05) is 5.21 Å². The molecule has 0 radical (unpaired) electrons. The fourth-order valence-electron chi connectivity index (χ4n) is 2.11. The van der Waals surface area contributed by atoms with Gasteiger partial charge in [0.25, 0.3) is 0 Å². The van der Waals surface area contributed by atoms with Gasteiger partial charge in [0.1, 0.15) is 6.54 Å². The van der Waals surface area contributed by atoms with Gasteiger partial charge in [-0.05, 0) is 38.3 Å². The molecule has 0 spiro atoms. The Labute approximate surface area is 101 Å². The van der Waals surface area contributed by atoms with Gasteiger partial charge in [-0.15, -0.1) is 5.10 Å². The van der Waals surface area contributed by atoms with Crippen LogP contribution in [0, 0.1) is 5.92 Å². The van der Waals surface area contributed by atoms with Crippen LogP contribution in [-0.2, 0) is 11.3 Å². The van der Waals surface area contributed by atoms with E-state index in [-0.39, 0.29) is 12.5 Å². The van der Waals surface area contributed by atoms with Crippen LogP contribution in [0.2, 0.25) is 0 Å². The number of aromatic nitrogens is 3. The molecule has 0 aliphatic carbocycles. The molecule has 6 heteroatoms. The van der Waals surface area contributed by atoms with Crippen molar-refractivity contribution < 1.29 is 4.79 Å². The third-order valence-electron chi connectivity index (χ3n) is 3.05. The maximum atomic E-state index is 11.5. The van der Waals surface area contributed by atoms with Crippen LogP contribution in [0.3, 0.4) is 0 Å². The fourth-order valence-corrected chi connectivity index (χ4v) is 2.11. The van der Waals surface area contributed by atoms with E-state index in [0.29, 0.717) is 5.92 Å². The normalized spacial score (nSPS) is 20.1. The summed E-state index contributed by atoms with van der Waals surface area (Å²) in [4.78, 5) is 11.5. The second kappa shape index (κ2) is 6.34. The lowest BCUT2D eigenvalue weighted by Crippen LogP contribution is -2.34. The molecule has 1 aliphatic heterocycles. The fraction of sp³-hybridized carbons (Fsp3) is 0.727. The van der Waals surface area contributed by atoms with Gasteiger partial charge < -0.3 is 10.6 Å². The van der Waals surface area contributed by atoms with Crippen molar-refractivity contribution in [2.75, 3.05) is 19.6 Å². The zero-order valence-corrected chi connectivity index (χ0v) is 9.93. The van der Waals surface area contributed by atoms with Crippen LogP contribution in [0.25, 0.3) is 0 Å². The third kappa shape index (κ3) is 4.14. The van der Waals surface area contributed by atoms with E-state index >= 15 is 0 Å². The van der Waals surface area contributed by atoms with Gasteiger partial charge in [0.2, 0.25) is 5.91 Å². The first-order valence-corrected chi connectivity index (χ1v) is 6.16. The molecule has 17 heavy (non-hydrogen) atoms. The zero-order valence-electron chi connectivity index (χ0n) is 9.93. The molecule has 2 rings (SSSR count). The molecule has 94 valence electrons. The van der Waals surface area contributed by atoms with Crippen molar-refractivity contribution in [1.29, 1.82) is 0 Å². The molecule has 1 saturated heterocycles. The van der Waals surface area contributed by atoms with Gasteiger partial charge in [-0.3, -0.25) is 4.79 Å². The Bertz CT molecular complexity index is 332. The molecule has 2 N–H and O–H groups in total. The van der Waals surface area contributed by atoms with Gasteiger partial charge in [0.15, 0.2) is 0 Å². The van der Waals surface area contributed by atoms with E-state index in [9.17, 15) is 4.79 Å². The molecular weight excluding hydrogens is 218 g/mol. The molecular formula is C11H19N5O. The molecule has 1 aromatic rings. The second-order valence-corrected chi connectivity index (χ2v) is 4.45. The van der Waals surface area contributed by atoms with Crippen molar-refractivity contribution in [2.24, 2.45) is 5.92 Å². The minimum absolute atomic E-state index is 0.000677. The Kier molecular flexibility index (Phi) is 4.49. The van der Waals surface area contributed by atoms with Crippen LogP contribution in [0.4, 0.5) is 0 Å². The van der Waals surface area contributed by atoms with Crippen LogP contribution in [0.1, 0.15) is 19.3 Å². The van der Waals surface area contributed by atoms with Crippen molar-refractivity contribution in [3.05, 3.63) is 12.4 Å². The Morgan fingerprint density at radius 1 is 1.59 bits per heavy atom. The molecule has 1 aromatic heterocycles. The van der Waals surface area contributed by atoms with Crippen molar-refractivity contribution >= 4 is 5.91 Å².